The number of carbonyl (C=O) groups excluding carboxylic acids is 9. The van der Waals surface area contributed by atoms with E-state index in [4.69, 9.17) is 28.4 Å². The van der Waals surface area contributed by atoms with Crippen LogP contribution in [0.5, 0.6) is 0 Å². The summed E-state index contributed by atoms with van der Waals surface area (Å²) >= 11 is 0. The molecule has 0 aliphatic rings. The van der Waals surface area contributed by atoms with Gasteiger partial charge in [-0.25, -0.2) is 28.8 Å². The molecule has 0 aromatic rings. The van der Waals surface area contributed by atoms with Crippen LogP contribution in [0, 0.1) is 35.5 Å². The predicted molar refractivity (Wildman–Crippen MR) is 260 cm³/mol. The number of alkyl carbamates (subject to hydrolysis) is 3. The highest BCUT2D eigenvalue weighted by atomic mass is 16.6. The minimum Gasteiger partial charge on any atom is -0.467 e. The second kappa shape index (κ2) is 31.0. The Kier molecular flexibility index (Phi) is 30.5. The van der Waals surface area contributed by atoms with Gasteiger partial charge in [0.15, 0.2) is 0 Å². The Labute approximate surface area is 411 Å². The minimum atomic E-state index is -0.809. The van der Waals surface area contributed by atoms with Crippen molar-refractivity contribution in [2.75, 3.05) is 21.3 Å². The number of amides is 6. The van der Waals surface area contributed by atoms with E-state index in [1.54, 1.807) is 145 Å². The quantitative estimate of drug-likeness (QED) is 0.0726. The molecule has 0 fully saturated rings. The molecule has 0 rings (SSSR count). The number of ether oxygens (including phenoxy) is 6. The second-order valence-electron chi connectivity index (χ2n) is 21.4. The lowest BCUT2D eigenvalue weighted by Gasteiger charge is -2.27. The minimum absolute atomic E-state index is 0.138. The molecule has 6 amide bonds. The monoisotopic (exact) mass is 991 g/mol. The van der Waals surface area contributed by atoms with E-state index in [1.807, 2.05) is 0 Å². The van der Waals surface area contributed by atoms with Crippen LogP contribution in [0.15, 0.2) is 0 Å². The van der Waals surface area contributed by atoms with Gasteiger partial charge in [0.1, 0.15) is 53.1 Å². The maximum atomic E-state index is 12.4. The summed E-state index contributed by atoms with van der Waals surface area (Å²) < 4.78 is 29.6. The molecule has 0 saturated heterocycles. The van der Waals surface area contributed by atoms with Crippen molar-refractivity contribution in [3.63, 3.8) is 0 Å². The van der Waals surface area contributed by atoms with Gasteiger partial charge in [-0.05, 0) is 97.8 Å². The second-order valence-corrected chi connectivity index (χ2v) is 21.4. The normalized spacial score (nSPS) is 14.2. The van der Waals surface area contributed by atoms with Gasteiger partial charge in [0.25, 0.3) is 0 Å². The summed E-state index contributed by atoms with van der Waals surface area (Å²) in [5.41, 5.74) is -1.97. The largest absolute Gasteiger partial charge is 0.467 e. The van der Waals surface area contributed by atoms with E-state index >= 15 is 0 Å². The highest BCUT2D eigenvalue weighted by Crippen LogP contribution is 2.14. The molecule has 69 heavy (non-hydrogen) atoms. The van der Waals surface area contributed by atoms with Crippen molar-refractivity contribution in [1.82, 2.24) is 31.9 Å². The topological polar surface area (TPSA) is 281 Å². The Morgan fingerprint density at radius 1 is 0.290 bits per heavy atom. The van der Waals surface area contributed by atoms with Crippen LogP contribution in [0.2, 0.25) is 0 Å². The third-order valence-corrected chi connectivity index (χ3v) is 9.12. The molecule has 21 nitrogen and oxygen atoms in total. The molecule has 0 bridgehead atoms. The highest BCUT2D eigenvalue weighted by molar-refractivity contribution is 5.91. The van der Waals surface area contributed by atoms with Gasteiger partial charge in [0, 0.05) is 0 Å². The average Bonchev–Trinajstić information content (AvgIpc) is 3.17. The van der Waals surface area contributed by atoms with E-state index in [-0.39, 0.29) is 35.5 Å². The lowest BCUT2D eigenvalue weighted by molar-refractivity contribution is -0.147. The maximum Gasteiger partial charge on any atom is 0.408 e. The Morgan fingerprint density at radius 2 is 0.449 bits per heavy atom. The summed E-state index contributed by atoms with van der Waals surface area (Å²) in [6, 6.07) is -4.74. The van der Waals surface area contributed by atoms with Crippen LogP contribution in [0.1, 0.15) is 145 Å². The van der Waals surface area contributed by atoms with Crippen LogP contribution < -0.4 is 31.9 Å². The molecule has 0 spiro atoms. The SMILES string of the molecule is COC(=O)[C@@H](NC(=O)[C@@H](NC(=O)OC(C)(C)C)C(C)C)C(C)C.COC(=O)[C@@H](NC(=O)[C@@H](NC(=O)OC(C)(C)C)C(C)C)C(C)C.COC(=O)[C@@H](NC(=O)[C@@H](NC(=O)OC(C)(C)C)C(C)C)C(C)C. The van der Waals surface area contributed by atoms with E-state index in [9.17, 15) is 43.2 Å². The Hall–Kier alpha value is -5.37. The molecule has 0 heterocycles. The van der Waals surface area contributed by atoms with Gasteiger partial charge in [0.2, 0.25) is 17.7 Å². The smallest absolute Gasteiger partial charge is 0.408 e. The standard InChI is InChI=1S/3C16H30N2O5/c3*1-9(2)11(18-15(21)23-16(5,6)7)13(19)17-12(10(3)4)14(20)22-8/h3*9-12H,1-8H3,(H,17,19)(H,18,21)/t3*11-,12-/m000/s1. The van der Waals surface area contributed by atoms with Crippen LogP contribution >= 0.6 is 0 Å². The molecule has 0 unspecified atom stereocenters. The highest BCUT2D eigenvalue weighted by Gasteiger charge is 2.35. The third kappa shape index (κ3) is 30.0. The number of carbonyl (C=O) groups is 9. The molecule has 0 aromatic heterocycles. The molecule has 0 saturated carbocycles. The zero-order chi connectivity index (χ0) is 55.1. The van der Waals surface area contributed by atoms with Crippen LogP contribution in [-0.4, -0.2) is 128 Å². The van der Waals surface area contributed by atoms with Gasteiger partial charge in [-0.15, -0.1) is 0 Å². The number of nitrogens with one attached hydrogen (secondary N) is 6. The fraction of sp³-hybridized carbons (Fsp3) is 0.812. The summed E-state index contributed by atoms with van der Waals surface area (Å²) in [5, 5.41) is 15.5. The summed E-state index contributed by atoms with van der Waals surface area (Å²) in [6.45, 7) is 37.2. The maximum absolute atomic E-state index is 12.4. The van der Waals surface area contributed by atoms with Crippen molar-refractivity contribution in [3.05, 3.63) is 0 Å². The number of hydrogen-bond donors (Lipinski definition) is 6. The summed E-state index contributed by atoms with van der Waals surface area (Å²) in [4.78, 5) is 108. The number of hydrogen-bond acceptors (Lipinski definition) is 15. The molecule has 6 atom stereocenters. The first kappa shape index (κ1) is 67.9. The first-order valence-electron chi connectivity index (χ1n) is 23.3. The van der Waals surface area contributed by atoms with E-state index in [1.165, 1.54) is 21.3 Å². The molecule has 0 aliphatic heterocycles. The predicted octanol–water partition coefficient (Wildman–Crippen LogP) is 5.55. The van der Waals surface area contributed by atoms with Gasteiger partial charge < -0.3 is 60.3 Å². The number of rotatable bonds is 18. The molecular weight excluding hydrogens is 901 g/mol. The average molecular weight is 991 g/mol. The third-order valence-electron chi connectivity index (χ3n) is 9.12. The Morgan fingerprint density at radius 3 is 0.565 bits per heavy atom. The fourth-order valence-electron chi connectivity index (χ4n) is 5.51. The lowest BCUT2D eigenvalue weighted by Crippen LogP contribution is -2.55. The zero-order valence-corrected chi connectivity index (χ0v) is 46.1. The zero-order valence-electron chi connectivity index (χ0n) is 46.1. The lowest BCUT2D eigenvalue weighted by atomic mass is 10.0. The number of esters is 3. The van der Waals surface area contributed by atoms with E-state index in [0.29, 0.717) is 0 Å². The van der Waals surface area contributed by atoms with Gasteiger partial charge >= 0.3 is 36.2 Å². The molecular formula is C48H90N6O15. The molecule has 0 radical (unpaired) electrons. The summed E-state index contributed by atoms with van der Waals surface area (Å²) in [5.74, 6) is -3.84. The van der Waals surface area contributed by atoms with Gasteiger partial charge in [-0.3, -0.25) is 14.4 Å². The van der Waals surface area contributed by atoms with Gasteiger partial charge in [-0.1, -0.05) is 83.1 Å². The van der Waals surface area contributed by atoms with Crippen molar-refractivity contribution in [2.24, 2.45) is 35.5 Å². The Balaban J connectivity index is -0.000000947. The van der Waals surface area contributed by atoms with Crippen molar-refractivity contribution in [2.45, 2.75) is 198 Å². The summed E-state index contributed by atoms with van der Waals surface area (Å²) in [6.07, 6.45) is -2.03. The molecule has 0 aliphatic carbocycles. The Bertz CT molecular complexity index is 1470. The van der Waals surface area contributed by atoms with E-state index in [0.717, 1.165) is 0 Å². The van der Waals surface area contributed by atoms with Crippen molar-refractivity contribution < 1.29 is 71.6 Å². The van der Waals surface area contributed by atoms with Crippen LogP contribution in [0.3, 0.4) is 0 Å². The van der Waals surface area contributed by atoms with Crippen molar-refractivity contribution in [1.29, 1.82) is 0 Å². The van der Waals surface area contributed by atoms with Crippen molar-refractivity contribution >= 4 is 53.9 Å². The first-order chi connectivity index (χ1) is 31.2. The van der Waals surface area contributed by atoms with Gasteiger partial charge in [-0.2, -0.15) is 0 Å². The molecule has 0 aromatic carbocycles. The van der Waals surface area contributed by atoms with Crippen LogP contribution in [0.25, 0.3) is 0 Å². The van der Waals surface area contributed by atoms with E-state index in [2.05, 4.69) is 31.9 Å². The van der Waals surface area contributed by atoms with Crippen LogP contribution in [-0.2, 0) is 57.2 Å². The fourth-order valence-corrected chi connectivity index (χ4v) is 5.51. The first-order valence-corrected chi connectivity index (χ1v) is 23.3. The molecule has 402 valence electrons. The molecule has 21 heteroatoms. The van der Waals surface area contributed by atoms with Crippen LogP contribution in [0.4, 0.5) is 14.4 Å². The van der Waals surface area contributed by atoms with Crippen molar-refractivity contribution in [3.8, 4) is 0 Å². The summed E-state index contributed by atoms with van der Waals surface area (Å²) in [7, 11) is 3.80. The molecule has 6 N–H and O–H groups in total. The number of methoxy groups -OCH3 is 3. The van der Waals surface area contributed by atoms with Gasteiger partial charge in [0.05, 0.1) is 21.3 Å². The van der Waals surface area contributed by atoms with E-state index < -0.39 is 107 Å².